The van der Waals surface area contributed by atoms with Gasteiger partial charge in [-0.2, -0.15) is 9.61 Å². The molecule has 1 N–H and O–H groups in total. The minimum atomic E-state index is -1.18. The van der Waals surface area contributed by atoms with Crippen molar-refractivity contribution in [2.24, 2.45) is 5.41 Å². The van der Waals surface area contributed by atoms with E-state index in [0.29, 0.717) is 16.9 Å². The zero-order valence-electron chi connectivity index (χ0n) is 26.5. The molecule has 3 aliphatic rings. The number of rotatable bonds is 3. The second-order valence-corrected chi connectivity index (χ2v) is 13.6. The molecular formula is C36H43N5O3. The average Bonchev–Trinajstić information content (AvgIpc) is 3.41. The molecule has 8 nitrogen and oxygen atoms in total. The third-order valence-corrected chi connectivity index (χ3v) is 9.07. The predicted octanol–water partition coefficient (Wildman–Crippen LogP) is 7.60. The van der Waals surface area contributed by atoms with Crippen molar-refractivity contribution in [2.45, 2.75) is 84.8 Å². The average molecular weight is 594 g/mol. The second kappa shape index (κ2) is 11.8. The summed E-state index contributed by atoms with van der Waals surface area (Å²) in [5.41, 5.74) is 6.70. The van der Waals surface area contributed by atoms with Gasteiger partial charge in [-0.05, 0) is 94.9 Å². The fourth-order valence-electron chi connectivity index (χ4n) is 6.62. The smallest absolute Gasteiger partial charge is 0.337 e. The fourth-order valence-corrected chi connectivity index (χ4v) is 6.62. The molecule has 3 aliphatic heterocycles. The second-order valence-electron chi connectivity index (χ2n) is 13.6. The van der Waals surface area contributed by atoms with Gasteiger partial charge in [0.25, 0.3) is 0 Å². The van der Waals surface area contributed by atoms with Gasteiger partial charge in [0.15, 0.2) is 11.8 Å². The van der Waals surface area contributed by atoms with Gasteiger partial charge in [-0.25, -0.2) is 9.78 Å². The first-order valence-corrected chi connectivity index (χ1v) is 15.8. The van der Waals surface area contributed by atoms with E-state index in [2.05, 4.69) is 59.3 Å². The van der Waals surface area contributed by atoms with Gasteiger partial charge in [0, 0.05) is 48.4 Å². The molecular weight excluding hydrogens is 550 g/mol. The number of hydrogen-bond donors (Lipinski definition) is 1. The summed E-state index contributed by atoms with van der Waals surface area (Å²) < 4.78 is 8.05. The molecule has 0 saturated carbocycles. The molecule has 6 heterocycles. The summed E-state index contributed by atoms with van der Waals surface area (Å²) >= 11 is 0. The van der Waals surface area contributed by atoms with Crippen molar-refractivity contribution in [3.8, 4) is 22.4 Å². The lowest BCUT2D eigenvalue weighted by Gasteiger charge is -2.41. The number of allylic oxidation sites excluding steroid dienone is 2. The number of carbonyl (C=O) groups is 1. The van der Waals surface area contributed by atoms with Crippen molar-refractivity contribution in [3.05, 3.63) is 77.8 Å². The summed E-state index contributed by atoms with van der Waals surface area (Å²) in [5.74, 6) is -0.266. The number of aliphatic carboxylic acids is 1. The number of benzene rings is 1. The number of aryl methyl sites for hydroxylation is 2. The zero-order chi connectivity index (χ0) is 31.1. The van der Waals surface area contributed by atoms with Gasteiger partial charge in [0.1, 0.15) is 5.82 Å². The summed E-state index contributed by atoms with van der Waals surface area (Å²) in [6, 6.07) is 12.5. The Hall–Kier alpha value is -4.04. The minimum absolute atomic E-state index is 0.214. The van der Waals surface area contributed by atoms with Crippen LogP contribution in [0, 0.1) is 12.3 Å². The molecule has 44 heavy (non-hydrogen) atoms. The van der Waals surface area contributed by atoms with Crippen LogP contribution in [0.15, 0.2) is 60.9 Å². The number of hydrogen-bond acceptors (Lipinski definition) is 6. The van der Waals surface area contributed by atoms with Crippen molar-refractivity contribution in [3.63, 3.8) is 0 Å². The molecule has 6 bridgehead atoms. The van der Waals surface area contributed by atoms with Crippen LogP contribution in [0.1, 0.15) is 82.7 Å². The van der Waals surface area contributed by atoms with E-state index < -0.39 is 17.7 Å². The van der Waals surface area contributed by atoms with E-state index in [-0.39, 0.29) is 5.41 Å². The topological polar surface area (TPSA) is 92.8 Å². The quantitative estimate of drug-likeness (QED) is 0.245. The molecule has 0 amide bonds. The van der Waals surface area contributed by atoms with Crippen molar-refractivity contribution in [1.29, 1.82) is 0 Å². The van der Waals surface area contributed by atoms with Crippen LogP contribution in [0.4, 0.5) is 5.82 Å². The zero-order valence-corrected chi connectivity index (χ0v) is 26.5. The number of nitrogens with zero attached hydrogens (tertiary/aromatic N) is 5. The third-order valence-electron chi connectivity index (χ3n) is 9.07. The SMILES string of the molecule is Cc1nc2cc3nn2c(c1[C@H](OC(C)(C)C)C(=O)O)N1CCC(C)(CC/C=C/CCc2ccncc2-c2cccc-3c2)CC1. The summed E-state index contributed by atoms with van der Waals surface area (Å²) in [6.45, 7) is 11.5. The van der Waals surface area contributed by atoms with Crippen molar-refractivity contribution in [1.82, 2.24) is 19.6 Å². The summed E-state index contributed by atoms with van der Waals surface area (Å²) in [6.07, 6.45) is 13.4. The molecule has 1 aromatic carbocycles. The Balaban J connectivity index is 1.55. The monoisotopic (exact) mass is 593 g/mol. The summed E-state index contributed by atoms with van der Waals surface area (Å²) in [5, 5.41) is 15.6. The molecule has 4 aromatic rings. The van der Waals surface area contributed by atoms with Crippen LogP contribution >= 0.6 is 0 Å². The van der Waals surface area contributed by atoms with E-state index in [1.165, 1.54) is 5.56 Å². The number of fused-ring (bicyclic) bond motifs is 6. The van der Waals surface area contributed by atoms with E-state index in [0.717, 1.165) is 79.8 Å². The van der Waals surface area contributed by atoms with Gasteiger partial charge in [-0.1, -0.05) is 37.3 Å². The van der Waals surface area contributed by atoms with Crippen LogP contribution in [0.5, 0.6) is 0 Å². The van der Waals surface area contributed by atoms with Gasteiger partial charge < -0.3 is 14.7 Å². The number of piperidine rings is 1. The molecule has 0 unspecified atom stereocenters. The van der Waals surface area contributed by atoms with Crippen LogP contribution < -0.4 is 4.90 Å². The minimum Gasteiger partial charge on any atom is -0.479 e. The molecule has 1 atom stereocenters. The number of carboxylic acid groups (broad SMARTS) is 1. The van der Waals surface area contributed by atoms with Gasteiger partial charge in [0.05, 0.1) is 16.9 Å². The Labute approximate surface area is 259 Å². The number of ether oxygens (including phenoxy) is 1. The summed E-state index contributed by atoms with van der Waals surface area (Å²) in [4.78, 5) is 24.4. The molecule has 7 rings (SSSR count). The maximum Gasteiger partial charge on any atom is 0.337 e. The first-order chi connectivity index (χ1) is 21.0. The Morgan fingerprint density at radius 3 is 2.55 bits per heavy atom. The molecule has 1 fully saturated rings. The molecule has 0 spiro atoms. The molecule has 230 valence electrons. The van der Waals surface area contributed by atoms with Gasteiger partial charge in [-0.3, -0.25) is 4.98 Å². The van der Waals surface area contributed by atoms with Gasteiger partial charge in [0.2, 0.25) is 0 Å². The lowest BCUT2D eigenvalue weighted by molar-refractivity contribution is -0.160. The van der Waals surface area contributed by atoms with E-state index in [1.807, 2.05) is 50.7 Å². The highest BCUT2D eigenvalue weighted by atomic mass is 16.5. The van der Waals surface area contributed by atoms with E-state index in [4.69, 9.17) is 14.8 Å². The number of anilines is 1. The van der Waals surface area contributed by atoms with E-state index >= 15 is 0 Å². The number of pyridine rings is 1. The Bertz CT molecular complexity index is 1710. The Morgan fingerprint density at radius 1 is 1.05 bits per heavy atom. The van der Waals surface area contributed by atoms with E-state index in [9.17, 15) is 9.90 Å². The van der Waals surface area contributed by atoms with Gasteiger partial charge >= 0.3 is 5.97 Å². The molecule has 1 saturated heterocycles. The van der Waals surface area contributed by atoms with Crippen molar-refractivity contribution < 1.29 is 14.6 Å². The van der Waals surface area contributed by atoms with Crippen LogP contribution in [-0.4, -0.2) is 49.3 Å². The highest BCUT2D eigenvalue weighted by Crippen LogP contribution is 2.41. The Kier molecular flexibility index (Phi) is 8.05. The molecule has 8 heteroatoms. The predicted molar refractivity (Wildman–Crippen MR) is 174 cm³/mol. The molecule has 3 aromatic heterocycles. The first kappa shape index (κ1) is 30.0. The molecule has 0 aliphatic carbocycles. The normalized spacial score (nSPS) is 18.3. The lowest BCUT2D eigenvalue weighted by Crippen LogP contribution is -2.41. The Morgan fingerprint density at radius 2 is 1.80 bits per heavy atom. The largest absolute Gasteiger partial charge is 0.479 e. The fraction of sp³-hybridized carbons (Fsp3) is 0.444. The van der Waals surface area contributed by atoms with Crippen molar-refractivity contribution in [2.75, 3.05) is 18.0 Å². The number of aromatic nitrogens is 4. The van der Waals surface area contributed by atoms with Crippen LogP contribution in [0.3, 0.4) is 0 Å². The standard InChI is InChI=1S/C36H43N5O3/c1-24-31(32(34(42)43)44-35(2,3)4)33-40-19-16-36(5,17-20-40)15-9-7-6-8-11-25-14-18-37-23-28(25)26-12-10-13-27(21-26)29-22-30(38-24)41(33)39-29/h6-7,10,12-14,18,21-23,32H,8-9,11,15-17,19-20H2,1-5H3,(H,42,43)/b7-6+/t32-/m0/s1. The maximum atomic E-state index is 12.8. The third kappa shape index (κ3) is 6.13. The van der Waals surface area contributed by atoms with Crippen LogP contribution in [0.2, 0.25) is 0 Å². The lowest BCUT2D eigenvalue weighted by atomic mass is 9.76. The van der Waals surface area contributed by atoms with E-state index in [1.54, 1.807) is 0 Å². The summed E-state index contributed by atoms with van der Waals surface area (Å²) in [7, 11) is 0. The van der Waals surface area contributed by atoms with Crippen LogP contribution in [0.25, 0.3) is 28.0 Å². The van der Waals surface area contributed by atoms with Crippen LogP contribution in [-0.2, 0) is 16.0 Å². The molecule has 0 radical (unpaired) electrons. The maximum absolute atomic E-state index is 12.8. The highest BCUT2D eigenvalue weighted by Gasteiger charge is 2.37. The van der Waals surface area contributed by atoms with Crippen molar-refractivity contribution >= 4 is 17.4 Å². The van der Waals surface area contributed by atoms with Gasteiger partial charge in [-0.15, -0.1) is 0 Å². The highest BCUT2D eigenvalue weighted by molar-refractivity contribution is 5.79. The first-order valence-electron chi connectivity index (χ1n) is 15.8. The number of carboxylic acids is 1.